The van der Waals surface area contributed by atoms with Gasteiger partial charge in [0, 0.05) is 30.3 Å². The van der Waals surface area contributed by atoms with Crippen molar-refractivity contribution in [1.82, 2.24) is 20.6 Å². The summed E-state index contributed by atoms with van der Waals surface area (Å²) in [4.78, 5) is 23.2. The number of nitrogens with one attached hydrogen (secondary N) is 2. The molecule has 0 bridgehead atoms. The maximum absolute atomic E-state index is 13.4. The Bertz CT molecular complexity index is 1200. The molecule has 166 valence electrons. The average molecular weight is 461 g/mol. The normalized spacial score (nSPS) is 24.1. The molecule has 9 heteroatoms. The molecule has 0 saturated carbocycles. The Morgan fingerprint density at radius 3 is 2.76 bits per heavy atom. The van der Waals surface area contributed by atoms with Crippen molar-refractivity contribution >= 4 is 23.6 Å². The second-order valence-electron chi connectivity index (χ2n) is 8.14. The molecule has 2 aliphatic rings. The SMILES string of the molecule is N#Cc1cccc(C23CN(c4ncc(F)cn4)CC2CSC(NC(=O)c2ccccc2)N3)c1. The molecule has 0 radical (unpaired) electrons. The summed E-state index contributed by atoms with van der Waals surface area (Å²) in [7, 11) is 0. The standard InChI is InChI=1S/C24H21FN6OS/c25-20-11-27-22(28-12-20)31-13-19-14-33-23(29-21(32)17-6-2-1-3-7-17)30-24(19,15-31)18-8-4-5-16(9-18)10-26/h1-9,11-12,19,23,30H,13-15H2,(H,29,32). The number of hydrogen-bond acceptors (Lipinski definition) is 7. The van der Waals surface area contributed by atoms with Crippen LogP contribution in [0.4, 0.5) is 10.3 Å². The van der Waals surface area contributed by atoms with E-state index in [2.05, 4.69) is 26.7 Å². The van der Waals surface area contributed by atoms with Gasteiger partial charge < -0.3 is 10.2 Å². The fourth-order valence-corrected chi connectivity index (χ4v) is 5.83. The molecule has 2 fully saturated rings. The van der Waals surface area contributed by atoms with Gasteiger partial charge >= 0.3 is 0 Å². The molecule has 2 aliphatic heterocycles. The molecule has 2 aromatic carbocycles. The number of carbonyl (C=O) groups excluding carboxylic acids is 1. The Kier molecular flexibility index (Phi) is 5.70. The quantitative estimate of drug-likeness (QED) is 0.618. The molecule has 5 rings (SSSR count). The number of nitriles is 1. The van der Waals surface area contributed by atoms with E-state index in [-0.39, 0.29) is 17.3 Å². The van der Waals surface area contributed by atoms with Crippen molar-refractivity contribution < 1.29 is 9.18 Å². The molecular weight excluding hydrogens is 439 g/mol. The van der Waals surface area contributed by atoms with Crippen molar-refractivity contribution in [2.75, 3.05) is 23.7 Å². The van der Waals surface area contributed by atoms with Gasteiger partial charge in [-0.05, 0) is 29.8 Å². The van der Waals surface area contributed by atoms with Crippen LogP contribution in [-0.4, -0.2) is 40.2 Å². The first-order chi connectivity index (χ1) is 16.1. The van der Waals surface area contributed by atoms with Crippen LogP contribution in [0.25, 0.3) is 0 Å². The number of fused-ring (bicyclic) bond motifs is 1. The molecule has 2 saturated heterocycles. The zero-order chi connectivity index (χ0) is 22.8. The molecule has 3 aromatic rings. The number of amides is 1. The number of aromatic nitrogens is 2. The molecule has 7 nitrogen and oxygen atoms in total. The first kappa shape index (κ1) is 21.4. The van der Waals surface area contributed by atoms with E-state index in [1.165, 1.54) is 12.4 Å². The summed E-state index contributed by atoms with van der Waals surface area (Å²) in [5.41, 5.74) is 1.27. The van der Waals surface area contributed by atoms with E-state index < -0.39 is 11.4 Å². The van der Waals surface area contributed by atoms with Crippen LogP contribution < -0.4 is 15.5 Å². The highest BCUT2D eigenvalue weighted by atomic mass is 32.2. The Morgan fingerprint density at radius 1 is 1.21 bits per heavy atom. The van der Waals surface area contributed by atoms with E-state index in [1.54, 1.807) is 30.0 Å². The second kappa shape index (κ2) is 8.81. The summed E-state index contributed by atoms with van der Waals surface area (Å²) in [5, 5.41) is 16.2. The van der Waals surface area contributed by atoms with Gasteiger partial charge in [-0.2, -0.15) is 5.26 Å². The third-order valence-electron chi connectivity index (χ3n) is 6.13. The van der Waals surface area contributed by atoms with Crippen LogP contribution >= 0.6 is 11.8 Å². The smallest absolute Gasteiger partial charge is 0.253 e. The molecular formula is C24H21FN6OS. The highest BCUT2D eigenvalue weighted by molar-refractivity contribution is 7.99. The first-order valence-electron chi connectivity index (χ1n) is 10.6. The van der Waals surface area contributed by atoms with Crippen LogP contribution in [0.15, 0.2) is 67.0 Å². The minimum absolute atomic E-state index is 0.156. The third kappa shape index (κ3) is 4.15. The monoisotopic (exact) mass is 460 g/mol. The summed E-state index contributed by atoms with van der Waals surface area (Å²) in [6.45, 7) is 1.19. The van der Waals surface area contributed by atoms with Gasteiger partial charge in [0.25, 0.3) is 5.91 Å². The van der Waals surface area contributed by atoms with Crippen LogP contribution in [0.5, 0.6) is 0 Å². The van der Waals surface area contributed by atoms with Crippen molar-refractivity contribution in [1.29, 1.82) is 5.26 Å². The van der Waals surface area contributed by atoms with Crippen molar-refractivity contribution in [2.45, 2.75) is 11.0 Å². The van der Waals surface area contributed by atoms with Crippen LogP contribution in [-0.2, 0) is 5.54 Å². The summed E-state index contributed by atoms with van der Waals surface area (Å²) in [6, 6.07) is 18.8. The van der Waals surface area contributed by atoms with Crippen LogP contribution in [0.1, 0.15) is 21.5 Å². The predicted octanol–water partition coefficient (Wildman–Crippen LogP) is 2.87. The summed E-state index contributed by atoms with van der Waals surface area (Å²) in [5.74, 6) is 0.760. The number of nitrogens with zero attached hydrogens (tertiary/aromatic N) is 4. The molecule has 1 aromatic heterocycles. The van der Waals surface area contributed by atoms with Crippen LogP contribution in [0, 0.1) is 23.1 Å². The molecule has 33 heavy (non-hydrogen) atoms. The number of halogens is 1. The minimum atomic E-state index is -0.537. The summed E-state index contributed by atoms with van der Waals surface area (Å²) in [6.07, 6.45) is 2.33. The van der Waals surface area contributed by atoms with Gasteiger partial charge in [0.2, 0.25) is 5.95 Å². The van der Waals surface area contributed by atoms with Crippen molar-refractivity contribution in [3.8, 4) is 6.07 Å². The van der Waals surface area contributed by atoms with E-state index >= 15 is 0 Å². The fraction of sp³-hybridized carbons (Fsp3) is 0.250. The fourth-order valence-electron chi connectivity index (χ4n) is 4.53. The highest BCUT2D eigenvalue weighted by Gasteiger charge is 2.52. The number of anilines is 1. The van der Waals surface area contributed by atoms with Gasteiger partial charge in [0.15, 0.2) is 5.82 Å². The van der Waals surface area contributed by atoms with Gasteiger partial charge in [-0.15, -0.1) is 11.8 Å². The average Bonchev–Trinajstić information content (AvgIpc) is 3.25. The van der Waals surface area contributed by atoms with E-state index in [0.29, 0.717) is 30.2 Å². The number of carbonyl (C=O) groups is 1. The number of thioether (sulfide) groups is 1. The van der Waals surface area contributed by atoms with E-state index in [0.717, 1.165) is 11.3 Å². The van der Waals surface area contributed by atoms with Gasteiger partial charge in [0.05, 0.1) is 29.6 Å². The lowest BCUT2D eigenvalue weighted by Gasteiger charge is -2.43. The Hall–Kier alpha value is -3.48. The number of benzene rings is 2. The predicted molar refractivity (Wildman–Crippen MR) is 124 cm³/mol. The van der Waals surface area contributed by atoms with Gasteiger partial charge in [0.1, 0.15) is 5.50 Å². The zero-order valence-corrected chi connectivity index (χ0v) is 18.4. The maximum Gasteiger partial charge on any atom is 0.253 e. The van der Waals surface area contributed by atoms with E-state index in [9.17, 15) is 14.4 Å². The second-order valence-corrected chi connectivity index (χ2v) is 9.28. The van der Waals surface area contributed by atoms with Gasteiger partial charge in [-0.25, -0.2) is 14.4 Å². The topological polar surface area (TPSA) is 93.9 Å². The van der Waals surface area contributed by atoms with Crippen LogP contribution in [0.2, 0.25) is 0 Å². The largest absolute Gasteiger partial charge is 0.338 e. The Balaban J connectivity index is 1.46. The number of hydrogen-bond donors (Lipinski definition) is 2. The molecule has 0 spiro atoms. The van der Waals surface area contributed by atoms with Crippen LogP contribution in [0.3, 0.4) is 0 Å². The molecule has 3 unspecified atom stereocenters. The third-order valence-corrected chi connectivity index (χ3v) is 7.29. The zero-order valence-electron chi connectivity index (χ0n) is 17.6. The molecule has 1 amide bonds. The molecule has 3 atom stereocenters. The van der Waals surface area contributed by atoms with E-state index in [1.807, 2.05) is 41.3 Å². The molecule has 2 N–H and O–H groups in total. The molecule has 0 aliphatic carbocycles. The van der Waals surface area contributed by atoms with Gasteiger partial charge in [-0.3, -0.25) is 10.1 Å². The van der Waals surface area contributed by atoms with Crippen molar-refractivity contribution in [2.24, 2.45) is 5.92 Å². The lowest BCUT2D eigenvalue weighted by atomic mass is 9.80. The van der Waals surface area contributed by atoms with E-state index in [4.69, 9.17) is 0 Å². The van der Waals surface area contributed by atoms with Gasteiger partial charge in [-0.1, -0.05) is 30.3 Å². The Morgan fingerprint density at radius 2 is 2.00 bits per heavy atom. The lowest BCUT2D eigenvalue weighted by molar-refractivity contribution is 0.0933. The lowest BCUT2D eigenvalue weighted by Crippen LogP contribution is -2.61. The van der Waals surface area contributed by atoms with Crippen molar-refractivity contribution in [3.63, 3.8) is 0 Å². The summed E-state index contributed by atoms with van der Waals surface area (Å²) < 4.78 is 13.4. The maximum atomic E-state index is 13.4. The number of rotatable bonds is 4. The Labute approximate surface area is 195 Å². The van der Waals surface area contributed by atoms with Crippen molar-refractivity contribution in [3.05, 3.63) is 89.5 Å². The summed E-state index contributed by atoms with van der Waals surface area (Å²) >= 11 is 1.63. The molecule has 3 heterocycles. The highest BCUT2D eigenvalue weighted by Crippen LogP contribution is 2.44. The first-order valence-corrected chi connectivity index (χ1v) is 11.6. The minimum Gasteiger partial charge on any atom is -0.338 e.